The second kappa shape index (κ2) is 8.62. The van der Waals surface area contributed by atoms with Gasteiger partial charge in [-0.2, -0.15) is 5.10 Å². The van der Waals surface area contributed by atoms with E-state index < -0.39 is 0 Å². The van der Waals surface area contributed by atoms with Gasteiger partial charge in [-0.25, -0.2) is 9.97 Å². The summed E-state index contributed by atoms with van der Waals surface area (Å²) in [5.74, 6) is 1.23. The lowest BCUT2D eigenvalue weighted by molar-refractivity contribution is 0.103. The van der Waals surface area contributed by atoms with Crippen LogP contribution in [0, 0.1) is 5.92 Å². The van der Waals surface area contributed by atoms with Crippen molar-refractivity contribution in [1.82, 2.24) is 34.9 Å². The van der Waals surface area contributed by atoms with E-state index in [1.165, 1.54) is 23.3 Å². The number of aromatic nitrogens is 5. The Bertz CT molecular complexity index is 1480. The maximum absolute atomic E-state index is 12.6. The summed E-state index contributed by atoms with van der Waals surface area (Å²) < 4.78 is 6.26. The third-order valence-corrected chi connectivity index (χ3v) is 9.31. The molecule has 4 aromatic heterocycles. The van der Waals surface area contributed by atoms with Gasteiger partial charge in [0.2, 0.25) is 0 Å². The topological polar surface area (TPSA) is 118 Å². The van der Waals surface area contributed by atoms with Crippen molar-refractivity contribution in [3.05, 3.63) is 39.4 Å². The van der Waals surface area contributed by atoms with Crippen molar-refractivity contribution < 1.29 is 4.74 Å². The van der Waals surface area contributed by atoms with Gasteiger partial charge in [0.15, 0.2) is 0 Å². The van der Waals surface area contributed by atoms with E-state index in [9.17, 15) is 4.79 Å². The average Bonchev–Trinajstić information content (AvgIpc) is 3.40. The van der Waals surface area contributed by atoms with Crippen LogP contribution in [0.3, 0.4) is 0 Å². The molecule has 3 aliphatic rings. The second-order valence-electron chi connectivity index (χ2n) is 10.5. The zero-order valence-electron chi connectivity index (χ0n) is 20.5. The molecule has 11 heteroatoms. The molecule has 6 heterocycles. The first-order valence-electron chi connectivity index (χ1n) is 12.7. The highest BCUT2D eigenvalue weighted by Gasteiger charge is 2.49. The van der Waals surface area contributed by atoms with E-state index in [2.05, 4.69) is 54.4 Å². The van der Waals surface area contributed by atoms with Crippen molar-refractivity contribution in [3.63, 3.8) is 0 Å². The van der Waals surface area contributed by atoms with Crippen molar-refractivity contribution in [1.29, 1.82) is 0 Å². The minimum absolute atomic E-state index is 0.214. The van der Waals surface area contributed by atoms with E-state index >= 15 is 0 Å². The molecule has 3 N–H and O–H groups in total. The lowest BCUT2D eigenvalue weighted by Gasteiger charge is -2.34. The number of likely N-dealkylation sites (tertiary alicyclic amines) is 1. The van der Waals surface area contributed by atoms with Gasteiger partial charge in [0.05, 0.1) is 11.6 Å². The number of fused-ring (bicyclic) bond motifs is 4. The number of H-pyrrole nitrogens is 2. The second-order valence-corrected chi connectivity index (χ2v) is 11.6. The molecule has 0 amide bonds. The number of epoxide rings is 1. The highest BCUT2D eigenvalue weighted by molar-refractivity contribution is 7.19. The molecular weight excluding hydrogens is 476 g/mol. The fourth-order valence-corrected chi connectivity index (χ4v) is 7.33. The van der Waals surface area contributed by atoms with Gasteiger partial charge in [-0.05, 0) is 63.7 Å². The van der Waals surface area contributed by atoms with Crippen LogP contribution in [0.1, 0.15) is 29.7 Å². The molecule has 188 valence electrons. The summed E-state index contributed by atoms with van der Waals surface area (Å²) in [4.78, 5) is 31.8. The Labute approximate surface area is 212 Å². The number of nitrogens with one attached hydrogen (secondary N) is 3. The fourth-order valence-electron chi connectivity index (χ4n) is 6.05. The number of anilines is 2. The number of rotatable bonds is 5. The highest BCUT2D eigenvalue weighted by atomic mass is 32.1. The third kappa shape index (κ3) is 3.81. The van der Waals surface area contributed by atoms with Crippen LogP contribution in [0.25, 0.3) is 21.3 Å². The van der Waals surface area contributed by atoms with Crippen LogP contribution in [-0.2, 0) is 17.6 Å². The smallest absolute Gasteiger partial charge is 0.273 e. The number of ether oxygens (including phenoxy) is 1. The van der Waals surface area contributed by atoms with Crippen LogP contribution in [0.4, 0.5) is 11.5 Å². The maximum atomic E-state index is 12.6. The summed E-state index contributed by atoms with van der Waals surface area (Å²) >= 11 is 1.76. The van der Waals surface area contributed by atoms with Crippen molar-refractivity contribution >= 4 is 44.1 Å². The Hall–Kier alpha value is -2.86. The molecule has 36 heavy (non-hydrogen) atoms. The van der Waals surface area contributed by atoms with Gasteiger partial charge in [-0.1, -0.05) is 0 Å². The zero-order valence-corrected chi connectivity index (χ0v) is 21.3. The predicted octanol–water partition coefficient (Wildman–Crippen LogP) is 2.86. The molecule has 0 saturated carbocycles. The number of hydrogen-bond acceptors (Lipinski definition) is 9. The summed E-state index contributed by atoms with van der Waals surface area (Å²) in [6.07, 6.45) is 9.43. The number of pyridine rings is 1. The van der Waals surface area contributed by atoms with Gasteiger partial charge in [0.25, 0.3) is 5.56 Å². The van der Waals surface area contributed by atoms with Crippen LogP contribution in [0.2, 0.25) is 0 Å². The van der Waals surface area contributed by atoms with Crippen LogP contribution in [0.5, 0.6) is 0 Å². The van der Waals surface area contributed by atoms with E-state index in [4.69, 9.17) is 4.74 Å². The van der Waals surface area contributed by atoms with Crippen LogP contribution >= 0.6 is 11.3 Å². The maximum Gasteiger partial charge on any atom is 0.273 e. The minimum Gasteiger partial charge on any atom is -0.353 e. The first-order valence-corrected chi connectivity index (χ1v) is 13.5. The summed E-state index contributed by atoms with van der Waals surface area (Å²) in [5, 5.41) is 11.9. The lowest BCUT2D eigenvalue weighted by Crippen LogP contribution is -2.44. The molecule has 0 aromatic carbocycles. The van der Waals surface area contributed by atoms with Gasteiger partial charge in [-0.15, -0.1) is 11.3 Å². The highest BCUT2D eigenvalue weighted by Crippen LogP contribution is 2.45. The minimum atomic E-state index is -0.214. The predicted molar refractivity (Wildman–Crippen MR) is 140 cm³/mol. The Balaban J connectivity index is 1.10. The van der Waals surface area contributed by atoms with E-state index in [0.717, 1.165) is 48.0 Å². The molecule has 4 aromatic rings. The quantitative estimate of drug-likeness (QED) is 0.354. The zero-order chi connectivity index (χ0) is 24.4. The molecule has 7 rings (SSSR count). The van der Waals surface area contributed by atoms with E-state index in [1.54, 1.807) is 29.9 Å². The van der Waals surface area contributed by atoms with Gasteiger partial charge in [0, 0.05) is 29.4 Å². The van der Waals surface area contributed by atoms with Gasteiger partial charge in [0.1, 0.15) is 40.6 Å². The number of aromatic amines is 2. The van der Waals surface area contributed by atoms with Crippen LogP contribution in [-0.4, -0.2) is 80.5 Å². The van der Waals surface area contributed by atoms with E-state index in [1.807, 2.05) is 0 Å². The normalized spacial score (nSPS) is 25.0. The Morgan fingerprint density at radius 2 is 2.08 bits per heavy atom. The third-order valence-electron chi connectivity index (χ3n) is 8.14. The Morgan fingerprint density at radius 3 is 2.92 bits per heavy atom. The lowest BCUT2D eigenvalue weighted by atomic mass is 9.85. The number of piperidine rings is 1. The Kier molecular flexibility index (Phi) is 5.35. The largest absolute Gasteiger partial charge is 0.353 e. The molecule has 2 unspecified atom stereocenters. The fraction of sp³-hybridized carbons (Fsp3) is 0.520. The Morgan fingerprint density at radius 1 is 1.22 bits per heavy atom. The van der Waals surface area contributed by atoms with Crippen molar-refractivity contribution in [2.45, 2.75) is 50.5 Å². The molecule has 2 fully saturated rings. The van der Waals surface area contributed by atoms with Gasteiger partial charge in [-0.3, -0.25) is 14.8 Å². The molecule has 10 nitrogen and oxygen atoms in total. The summed E-state index contributed by atoms with van der Waals surface area (Å²) in [6.45, 7) is 2.25. The standard InChI is InChI=1S/C25H30N8O2S/c1-32(2)15-5-7-33(8-6-15)25-20(35-25)13-3-4-16-18(10-13)36-24-19(16)22(26-12-27-24)29-17-9-14-11-28-31-21(14)30-23(17)34/h9,11-13,15,20,25H,3-8,10H2,1-2H3,(H,26,27,29)(H2,28,30,31,34)/t13-,20?,25?/m0/s1. The number of aryl methyl sites for hydroxylation is 1. The number of hydrogen-bond donors (Lipinski definition) is 3. The molecular formula is C25H30N8O2S. The molecule has 0 spiro atoms. The first kappa shape index (κ1) is 22.3. The molecule has 3 atom stereocenters. The first-order chi connectivity index (χ1) is 17.5. The van der Waals surface area contributed by atoms with Gasteiger partial charge >= 0.3 is 0 Å². The van der Waals surface area contributed by atoms with Crippen LogP contribution < -0.4 is 10.9 Å². The van der Waals surface area contributed by atoms with Gasteiger partial charge < -0.3 is 19.9 Å². The monoisotopic (exact) mass is 506 g/mol. The van der Waals surface area contributed by atoms with Crippen molar-refractivity contribution in [2.24, 2.45) is 5.92 Å². The molecule has 2 saturated heterocycles. The summed E-state index contributed by atoms with van der Waals surface area (Å²) in [7, 11) is 4.37. The van der Waals surface area contributed by atoms with Crippen molar-refractivity contribution in [3.8, 4) is 0 Å². The molecule has 0 bridgehead atoms. The molecule has 2 aliphatic heterocycles. The number of thiophene rings is 1. The molecule has 0 radical (unpaired) electrons. The summed E-state index contributed by atoms with van der Waals surface area (Å²) in [6, 6.07) is 2.49. The van der Waals surface area contributed by atoms with Crippen molar-refractivity contribution in [2.75, 3.05) is 32.5 Å². The SMILES string of the molecule is CN(C)C1CCN(C2OC2[C@H]2CCc3c(sc4ncnc(Nc5cc6cn[nH]c6[nH]c5=O)c34)C2)CC1. The summed E-state index contributed by atoms with van der Waals surface area (Å²) in [5.41, 5.74) is 2.16. The van der Waals surface area contributed by atoms with E-state index in [0.29, 0.717) is 35.2 Å². The average molecular weight is 507 g/mol. The van der Waals surface area contributed by atoms with E-state index in [-0.39, 0.29) is 11.8 Å². The van der Waals surface area contributed by atoms with Crippen LogP contribution in [0.15, 0.2) is 23.4 Å². The number of nitrogens with zero attached hydrogens (tertiary/aromatic N) is 5. The molecule has 1 aliphatic carbocycles.